The first-order valence-corrected chi connectivity index (χ1v) is 9.20. The fourth-order valence-corrected chi connectivity index (χ4v) is 4.08. The topological polar surface area (TPSA) is 36.4 Å². The highest BCUT2D eigenvalue weighted by Crippen LogP contribution is 2.21. The molecule has 0 atom stereocenters. The van der Waals surface area contributed by atoms with Crippen LogP contribution in [0.5, 0.6) is 0 Å². The minimum absolute atomic E-state index is 0.212. The van der Waals surface area contributed by atoms with Gasteiger partial charge in [0.25, 0.3) is 0 Å². The molecule has 1 saturated heterocycles. The Bertz CT molecular complexity index is 622. The zero-order valence-corrected chi connectivity index (χ0v) is 14.2. The van der Waals surface area contributed by atoms with E-state index in [1.807, 2.05) is 10.3 Å². The monoisotopic (exact) mass is 333 g/mol. The summed E-state index contributed by atoms with van der Waals surface area (Å²) in [6.45, 7) is 5.50. The van der Waals surface area contributed by atoms with Gasteiger partial charge in [-0.2, -0.15) is 0 Å². The summed E-state index contributed by atoms with van der Waals surface area (Å²) < 4.78 is 0.965. The fraction of sp³-hybridized carbons (Fsp3) is 0.375. The van der Waals surface area contributed by atoms with Crippen molar-refractivity contribution in [3.8, 4) is 0 Å². The van der Waals surface area contributed by atoms with Crippen LogP contribution in [0.4, 0.5) is 5.69 Å². The lowest BCUT2D eigenvalue weighted by molar-refractivity contribution is -0.128. The lowest BCUT2D eigenvalue weighted by atomic mass is 10.2. The number of piperazine rings is 1. The Morgan fingerprint density at radius 3 is 2.82 bits per heavy atom. The number of benzene rings is 1. The third kappa shape index (κ3) is 3.81. The first-order valence-electron chi connectivity index (χ1n) is 7.34. The number of hydrogen-bond acceptors (Lipinski definition) is 5. The van der Waals surface area contributed by atoms with Crippen LogP contribution in [0, 0.1) is 6.92 Å². The van der Waals surface area contributed by atoms with Crippen LogP contribution in [-0.2, 0) is 4.79 Å². The van der Waals surface area contributed by atoms with Crippen LogP contribution in [0.25, 0.3) is 0 Å². The van der Waals surface area contributed by atoms with E-state index in [9.17, 15) is 4.79 Å². The minimum Gasteiger partial charge on any atom is -0.368 e. The number of amides is 1. The van der Waals surface area contributed by atoms with Crippen molar-refractivity contribution in [2.45, 2.75) is 11.3 Å². The summed E-state index contributed by atoms with van der Waals surface area (Å²) in [5.74, 6) is 0.696. The molecule has 0 radical (unpaired) electrons. The number of rotatable bonds is 4. The molecule has 1 aliphatic rings. The molecule has 0 saturated carbocycles. The van der Waals surface area contributed by atoms with Gasteiger partial charge in [0.15, 0.2) is 0 Å². The Balaban J connectivity index is 1.49. The molecule has 116 valence electrons. The maximum Gasteiger partial charge on any atom is 0.233 e. The van der Waals surface area contributed by atoms with Gasteiger partial charge in [-0.05, 0) is 24.6 Å². The Morgan fingerprint density at radius 2 is 2.14 bits per heavy atom. The maximum atomic E-state index is 12.3. The summed E-state index contributed by atoms with van der Waals surface area (Å²) in [6.07, 6.45) is 1.78. The molecule has 3 rings (SSSR count). The lowest BCUT2D eigenvalue weighted by Crippen LogP contribution is -2.49. The van der Waals surface area contributed by atoms with Gasteiger partial charge in [0, 0.05) is 43.4 Å². The smallest absolute Gasteiger partial charge is 0.233 e. The minimum atomic E-state index is 0.212. The average molecular weight is 333 g/mol. The van der Waals surface area contributed by atoms with Crippen LogP contribution in [0.1, 0.15) is 5.56 Å². The second-order valence-corrected chi connectivity index (χ2v) is 7.41. The molecule has 0 spiro atoms. The van der Waals surface area contributed by atoms with Crippen molar-refractivity contribution in [1.29, 1.82) is 0 Å². The average Bonchev–Trinajstić information content (AvgIpc) is 3.06. The summed E-state index contributed by atoms with van der Waals surface area (Å²) in [5.41, 5.74) is 2.53. The summed E-state index contributed by atoms with van der Waals surface area (Å²) in [5, 5.41) is 1.94. The molecule has 0 unspecified atom stereocenters. The second kappa shape index (κ2) is 7.15. The Labute approximate surface area is 139 Å². The van der Waals surface area contributed by atoms with Crippen LogP contribution >= 0.6 is 23.1 Å². The quantitative estimate of drug-likeness (QED) is 0.806. The van der Waals surface area contributed by atoms with E-state index in [4.69, 9.17) is 0 Å². The first kappa shape index (κ1) is 15.4. The first-order chi connectivity index (χ1) is 10.7. The fourth-order valence-electron chi connectivity index (χ4n) is 2.54. The maximum absolute atomic E-state index is 12.3. The molecule has 4 nitrogen and oxygen atoms in total. The van der Waals surface area contributed by atoms with Crippen molar-refractivity contribution < 1.29 is 4.79 Å². The van der Waals surface area contributed by atoms with Crippen molar-refractivity contribution >= 4 is 34.7 Å². The summed E-state index contributed by atoms with van der Waals surface area (Å²) in [6, 6.07) is 8.55. The van der Waals surface area contributed by atoms with Crippen molar-refractivity contribution in [3.05, 3.63) is 41.4 Å². The summed E-state index contributed by atoms with van der Waals surface area (Å²) >= 11 is 3.11. The van der Waals surface area contributed by atoms with E-state index in [2.05, 4.69) is 41.1 Å². The van der Waals surface area contributed by atoms with Gasteiger partial charge in [0.05, 0.1) is 5.75 Å². The van der Waals surface area contributed by atoms with E-state index >= 15 is 0 Å². The van der Waals surface area contributed by atoms with E-state index < -0.39 is 0 Å². The number of thiazole rings is 1. The van der Waals surface area contributed by atoms with Crippen LogP contribution in [0.3, 0.4) is 0 Å². The zero-order valence-electron chi connectivity index (χ0n) is 12.6. The van der Waals surface area contributed by atoms with Gasteiger partial charge in [0.2, 0.25) is 5.91 Å². The van der Waals surface area contributed by atoms with Gasteiger partial charge in [-0.25, -0.2) is 4.98 Å². The van der Waals surface area contributed by atoms with Crippen LogP contribution in [0.15, 0.2) is 40.2 Å². The molecule has 2 aromatic rings. The Kier molecular flexibility index (Phi) is 5.00. The van der Waals surface area contributed by atoms with E-state index in [-0.39, 0.29) is 5.91 Å². The molecular formula is C16H19N3OS2. The molecule has 1 amide bonds. The molecule has 0 bridgehead atoms. The molecule has 0 N–H and O–H groups in total. The predicted molar refractivity (Wildman–Crippen MR) is 92.8 cm³/mol. The third-order valence-electron chi connectivity index (χ3n) is 3.73. The lowest BCUT2D eigenvalue weighted by Gasteiger charge is -2.36. The number of aryl methyl sites for hydroxylation is 1. The normalized spacial score (nSPS) is 15.1. The Hall–Kier alpha value is -1.53. The zero-order chi connectivity index (χ0) is 15.4. The highest BCUT2D eigenvalue weighted by Gasteiger charge is 2.21. The molecule has 2 heterocycles. The molecule has 1 aliphatic heterocycles. The largest absolute Gasteiger partial charge is 0.368 e. The molecule has 1 aromatic carbocycles. The van der Waals surface area contributed by atoms with Crippen LogP contribution in [0.2, 0.25) is 0 Å². The van der Waals surface area contributed by atoms with Crippen LogP contribution < -0.4 is 4.90 Å². The number of nitrogens with zero attached hydrogens (tertiary/aromatic N) is 3. The van der Waals surface area contributed by atoms with Gasteiger partial charge < -0.3 is 9.80 Å². The second-order valence-electron chi connectivity index (χ2n) is 5.29. The summed E-state index contributed by atoms with van der Waals surface area (Å²) in [4.78, 5) is 20.8. The third-order valence-corrected chi connectivity index (χ3v) is 5.68. The number of carbonyl (C=O) groups excluding carboxylic acids is 1. The number of carbonyl (C=O) groups is 1. The molecule has 6 heteroatoms. The van der Waals surface area contributed by atoms with E-state index in [0.29, 0.717) is 5.75 Å². The molecule has 1 fully saturated rings. The predicted octanol–water partition coefficient (Wildman–Crippen LogP) is 2.89. The highest BCUT2D eigenvalue weighted by atomic mass is 32.2. The molecular weight excluding hydrogens is 314 g/mol. The van der Waals surface area contributed by atoms with Crippen molar-refractivity contribution in [3.63, 3.8) is 0 Å². The standard InChI is InChI=1S/C16H19N3OS2/c1-13-3-2-4-14(11-13)18-6-8-19(9-7-18)15(20)12-22-16-17-5-10-21-16/h2-5,10-11H,6-9,12H2,1H3. The number of thioether (sulfide) groups is 1. The van der Waals surface area contributed by atoms with E-state index in [0.717, 1.165) is 30.5 Å². The van der Waals surface area contributed by atoms with E-state index in [1.165, 1.54) is 23.0 Å². The van der Waals surface area contributed by atoms with Crippen LogP contribution in [-0.4, -0.2) is 47.7 Å². The van der Waals surface area contributed by atoms with Crippen molar-refractivity contribution in [2.75, 3.05) is 36.8 Å². The Morgan fingerprint density at radius 1 is 1.32 bits per heavy atom. The van der Waals surface area contributed by atoms with Crippen molar-refractivity contribution in [2.24, 2.45) is 0 Å². The van der Waals surface area contributed by atoms with Crippen molar-refractivity contribution in [1.82, 2.24) is 9.88 Å². The molecule has 0 aliphatic carbocycles. The van der Waals surface area contributed by atoms with Gasteiger partial charge in [0.1, 0.15) is 4.34 Å². The molecule has 22 heavy (non-hydrogen) atoms. The van der Waals surface area contributed by atoms with Gasteiger partial charge in [-0.15, -0.1) is 11.3 Å². The van der Waals surface area contributed by atoms with Gasteiger partial charge in [-0.1, -0.05) is 23.9 Å². The highest BCUT2D eigenvalue weighted by molar-refractivity contribution is 8.01. The summed E-state index contributed by atoms with van der Waals surface area (Å²) in [7, 11) is 0. The number of anilines is 1. The molecule has 1 aromatic heterocycles. The van der Waals surface area contributed by atoms with Gasteiger partial charge >= 0.3 is 0 Å². The number of hydrogen-bond donors (Lipinski definition) is 0. The van der Waals surface area contributed by atoms with E-state index in [1.54, 1.807) is 17.5 Å². The number of aromatic nitrogens is 1. The van der Waals surface area contributed by atoms with Gasteiger partial charge in [-0.3, -0.25) is 4.79 Å². The SMILES string of the molecule is Cc1cccc(N2CCN(C(=O)CSc3nccs3)CC2)c1.